The van der Waals surface area contributed by atoms with Gasteiger partial charge in [-0.3, -0.25) is 4.79 Å². The third kappa shape index (κ3) is 3.25. The number of nitrogens with zero attached hydrogens (tertiary/aromatic N) is 1. The van der Waals surface area contributed by atoms with E-state index < -0.39 is 0 Å². The molecule has 1 aromatic rings. The molecule has 5 heteroatoms. The van der Waals surface area contributed by atoms with Gasteiger partial charge in [0.25, 0.3) is 5.91 Å². The van der Waals surface area contributed by atoms with Crippen LogP contribution in [-0.4, -0.2) is 31.3 Å². The van der Waals surface area contributed by atoms with E-state index in [0.717, 1.165) is 6.42 Å². The van der Waals surface area contributed by atoms with E-state index in [2.05, 4.69) is 15.0 Å². The van der Waals surface area contributed by atoms with Crippen LogP contribution in [0, 0.1) is 0 Å². The summed E-state index contributed by atoms with van der Waals surface area (Å²) in [5, 5.41) is 6.13. The first-order valence-electron chi connectivity index (χ1n) is 4.01. The van der Waals surface area contributed by atoms with Gasteiger partial charge in [-0.05, 0) is 6.42 Å². The van der Waals surface area contributed by atoms with E-state index in [1.165, 1.54) is 12.5 Å². The molecule has 0 atom stereocenters. The van der Waals surface area contributed by atoms with Crippen LogP contribution in [-0.2, 0) is 4.74 Å². The van der Waals surface area contributed by atoms with Crippen molar-refractivity contribution >= 4 is 5.91 Å². The van der Waals surface area contributed by atoms with Crippen molar-refractivity contribution < 1.29 is 14.1 Å². The highest BCUT2D eigenvalue weighted by Gasteiger charge is 2.05. The van der Waals surface area contributed by atoms with Crippen molar-refractivity contribution in [2.45, 2.75) is 6.42 Å². The Morgan fingerprint density at radius 2 is 2.62 bits per heavy atom. The minimum atomic E-state index is -0.169. The molecular weight excluding hydrogens is 172 g/mol. The third-order valence-corrected chi connectivity index (χ3v) is 1.51. The van der Waals surface area contributed by atoms with E-state index >= 15 is 0 Å². The second-order valence-corrected chi connectivity index (χ2v) is 2.52. The smallest absolute Gasteiger partial charge is 0.256 e. The highest BCUT2D eigenvalue weighted by Crippen LogP contribution is 1.95. The molecule has 1 aromatic heterocycles. The van der Waals surface area contributed by atoms with Crippen LogP contribution >= 0.6 is 0 Å². The van der Waals surface area contributed by atoms with Crippen molar-refractivity contribution in [3.05, 3.63) is 18.0 Å². The first-order chi connectivity index (χ1) is 6.34. The molecule has 0 aliphatic carbocycles. The van der Waals surface area contributed by atoms with E-state index in [1.54, 1.807) is 7.11 Å². The number of carbonyl (C=O) groups is 1. The summed E-state index contributed by atoms with van der Waals surface area (Å²) in [6, 6.07) is 0. The fourth-order valence-corrected chi connectivity index (χ4v) is 0.837. The normalized spacial score (nSPS) is 9.92. The van der Waals surface area contributed by atoms with Crippen molar-refractivity contribution in [3.8, 4) is 0 Å². The van der Waals surface area contributed by atoms with Gasteiger partial charge < -0.3 is 14.6 Å². The van der Waals surface area contributed by atoms with Crippen molar-refractivity contribution in [2.75, 3.05) is 20.3 Å². The minimum absolute atomic E-state index is 0.169. The predicted molar refractivity (Wildman–Crippen MR) is 45.3 cm³/mol. The molecule has 0 radical (unpaired) electrons. The van der Waals surface area contributed by atoms with Gasteiger partial charge in [-0.15, -0.1) is 0 Å². The van der Waals surface area contributed by atoms with Crippen molar-refractivity contribution in [1.82, 2.24) is 10.5 Å². The Morgan fingerprint density at radius 3 is 3.23 bits per heavy atom. The molecule has 5 nitrogen and oxygen atoms in total. The Morgan fingerprint density at radius 1 is 1.77 bits per heavy atom. The Balaban J connectivity index is 2.19. The molecule has 0 spiro atoms. The quantitative estimate of drug-likeness (QED) is 0.674. The van der Waals surface area contributed by atoms with E-state index in [-0.39, 0.29) is 5.91 Å². The maximum atomic E-state index is 11.2. The van der Waals surface area contributed by atoms with Crippen LogP contribution in [0.2, 0.25) is 0 Å². The van der Waals surface area contributed by atoms with Crippen LogP contribution in [0.25, 0.3) is 0 Å². The number of ether oxygens (including phenoxy) is 1. The maximum Gasteiger partial charge on any atom is 0.256 e. The van der Waals surface area contributed by atoms with E-state index in [9.17, 15) is 4.79 Å². The van der Waals surface area contributed by atoms with Gasteiger partial charge in [-0.1, -0.05) is 5.16 Å². The number of nitrogens with one attached hydrogen (secondary N) is 1. The summed E-state index contributed by atoms with van der Waals surface area (Å²) >= 11 is 0. The lowest BCUT2D eigenvalue weighted by molar-refractivity contribution is 0.0948. The van der Waals surface area contributed by atoms with Gasteiger partial charge in [0.1, 0.15) is 6.26 Å². The zero-order chi connectivity index (χ0) is 9.52. The van der Waals surface area contributed by atoms with E-state index in [4.69, 9.17) is 4.74 Å². The second-order valence-electron chi connectivity index (χ2n) is 2.52. The van der Waals surface area contributed by atoms with Crippen LogP contribution in [0.3, 0.4) is 0 Å². The number of hydrogen-bond donors (Lipinski definition) is 1. The molecule has 0 saturated heterocycles. The summed E-state index contributed by atoms with van der Waals surface area (Å²) in [4.78, 5) is 11.2. The third-order valence-electron chi connectivity index (χ3n) is 1.51. The number of rotatable bonds is 5. The number of aromatic nitrogens is 1. The summed E-state index contributed by atoms with van der Waals surface area (Å²) in [6.45, 7) is 1.24. The van der Waals surface area contributed by atoms with Crippen molar-refractivity contribution in [3.63, 3.8) is 0 Å². The highest BCUT2D eigenvalue weighted by atomic mass is 16.5. The Kier molecular flexibility index (Phi) is 3.98. The van der Waals surface area contributed by atoms with Gasteiger partial charge in [0, 0.05) is 20.3 Å². The number of carbonyl (C=O) groups excluding carboxylic acids is 1. The first kappa shape index (κ1) is 9.73. The van der Waals surface area contributed by atoms with Gasteiger partial charge >= 0.3 is 0 Å². The fourth-order valence-electron chi connectivity index (χ4n) is 0.837. The fraction of sp³-hybridized carbons (Fsp3) is 0.500. The zero-order valence-electron chi connectivity index (χ0n) is 7.45. The van der Waals surface area contributed by atoms with Gasteiger partial charge in [-0.25, -0.2) is 0 Å². The highest BCUT2D eigenvalue weighted by molar-refractivity contribution is 5.93. The molecule has 0 fully saturated rings. The topological polar surface area (TPSA) is 64.4 Å². The minimum Gasteiger partial charge on any atom is -0.385 e. The van der Waals surface area contributed by atoms with Crippen LogP contribution in [0.1, 0.15) is 16.8 Å². The lowest BCUT2D eigenvalue weighted by Gasteiger charge is -2.01. The molecule has 13 heavy (non-hydrogen) atoms. The van der Waals surface area contributed by atoms with Crippen molar-refractivity contribution in [1.29, 1.82) is 0 Å². The molecule has 0 aromatic carbocycles. The zero-order valence-corrected chi connectivity index (χ0v) is 7.45. The lowest BCUT2D eigenvalue weighted by Crippen LogP contribution is -2.24. The van der Waals surface area contributed by atoms with Gasteiger partial charge in [0.05, 0.1) is 11.8 Å². The van der Waals surface area contributed by atoms with Crippen LogP contribution in [0.5, 0.6) is 0 Å². The number of hydrogen-bond acceptors (Lipinski definition) is 4. The molecule has 1 heterocycles. The number of methoxy groups -OCH3 is 1. The largest absolute Gasteiger partial charge is 0.385 e. The van der Waals surface area contributed by atoms with Gasteiger partial charge in [0.2, 0.25) is 0 Å². The predicted octanol–water partition coefficient (Wildman–Crippen LogP) is 0.441. The molecule has 0 saturated carbocycles. The average Bonchev–Trinajstić information content (AvgIpc) is 2.65. The Hall–Kier alpha value is -1.36. The van der Waals surface area contributed by atoms with E-state index in [1.807, 2.05) is 0 Å². The van der Waals surface area contributed by atoms with Crippen LogP contribution in [0.4, 0.5) is 0 Å². The lowest BCUT2D eigenvalue weighted by atomic mass is 10.3. The summed E-state index contributed by atoms with van der Waals surface area (Å²) < 4.78 is 9.36. The SMILES string of the molecule is COCCCNC(=O)c1cnoc1. The summed E-state index contributed by atoms with van der Waals surface area (Å²) in [5.74, 6) is -0.169. The van der Waals surface area contributed by atoms with Gasteiger partial charge in [-0.2, -0.15) is 0 Å². The molecule has 1 amide bonds. The molecule has 0 unspecified atom stereocenters. The maximum absolute atomic E-state index is 11.2. The van der Waals surface area contributed by atoms with Gasteiger partial charge in [0.15, 0.2) is 0 Å². The van der Waals surface area contributed by atoms with E-state index in [0.29, 0.717) is 18.7 Å². The summed E-state index contributed by atoms with van der Waals surface area (Å²) in [7, 11) is 1.63. The monoisotopic (exact) mass is 184 g/mol. The molecular formula is C8H12N2O3. The second kappa shape index (κ2) is 5.31. The Bertz CT molecular complexity index is 246. The van der Waals surface area contributed by atoms with Crippen LogP contribution < -0.4 is 5.32 Å². The molecule has 0 aliphatic heterocycles. The van der Waals surface area contributed by atoms with Crippen LogP contribution in [0.15, 0.2) is 17.0 Å². The molecule has 72 valence electrons. The Labute approximate surface area is 76.0 Å². The molecule has 0 bridgehead atoms. The molecule has 1 N–H and O–H groups in total. The average molecular weight is 184 g/mol. The standard InChI is InChI=1S/C8H12N2O3/c1-12-4-2-3-9-8(11)7-5-10-13-6-7/h5-6H,2-4H2,1H3,(H,9,11). The summed E-state index contributed by atoms with van der Waals surface area (Å²) in [5.41, 5.74) is 0.442. The summed E-state index contributed by atoms with van der Waals surface area (Å²) in [6.07, 6.45) is 3.49. The molecule has 1 rings (SSSR count). The van der Waals surface area contributed by atoms with Crippen molar-refractivity contribution in [2.24, 2.45) is 0 Å². The molecule has 0 aliphatic rings. The first-order valence-corrected chi connectivity index (χ1v) is 4.01. The number of amides is 1.